The number of nitrogens with zero attached hydrogens (tertiary/aromatic N) is 1. The number of piperidine rings is 1. The van der Waals surface area contributed by atoms with E-state index >= 15 is 0 Å². The van der Waals surface area contributed by atoms with Gasteiger partial charge in [0.1, 0.15) is 0 Å². The molecule has 2 nitrogen and oxygen atoms in total. The van der Waals surface area contributed by atoms with Crippen molar-refractivity contribution in [1.29, 1.82) is 0 Å². The lowest BCUT2D eigenvalue weighted by atomic mass is 9.87. The molecule has 0 aliphatic carbocycles. The molecular formula is C18H27NO. The van der Waals surface area contributed by atoms with Crippen LogP contribution in [0, 0.1) is 18.8 Å². The van der Waals surface area contributed by atoms with Crippen molar-refractivity contribution in [2.24, 2.45) is 11.8 Å². The number of benzene rings is 1. The molecule has 1 fully saturated rings. The molecule has 110 valence electrons. The van der Waals surface area contributed by atoms with Gasteiger partial charge in [0.05, 0.1) is 5.92 Å². The maximum Gasteiger partial charge on any atom is 0.230 e. The zero-order chi connectivity index (χ0) is 14.7. The Morgan fingerprint density at radius 3 is 2.40 bits per heavy atom. The van der Waals surface area contributed by atoms with Gasteiger partial charge in [0.15, 0.2) is 0 Å². The van der Waals surface area contributed by atoms with Crippen LogP contribution in [0.4, 0.5) is 0 Å². The summed E-state index contributed by atoms with van der Waals surface area (Å²) in [6.45, 7) is 10.6. The van der Waals surface area contributed by atoms with Crippen molar-refractivity contribution in [3.8, 4) is 0 Å². The van der Waals surface area contributed by atoms with Crippen LogP contribution in [-0.2, 0) is 4.79 Å². The minimum absolute atomic E-state index is 0.0219. The second-order valence-corrected chi connectivity index (χ2v) is 6.51. The number of hydrogen-bond donors (Lipinski definition) is 0. The summed E-state index contributed by atoms with van der Waals surface area (Å²) in [7, 11) is 0. The number of hydrogen-bond acceptors (Lipinski definition) is 1. The van der Waals surface area contributed by atoms with Gasteiger partial charge in [0, 0.05) is 13.1 Å². The Bertz CT molecular complexity index is 458. The highest BCUT2D eigenvalue weighted by atomic mass is 16.2. The van der Waals surface area contributed by atoms with Gasteiger partial charge in [0.25, 0.3) is 0 Å². The fourth-order valence-electron chi connectivity index (χ4n) is 3.57. The minimum Gasteiger partial charge on any atom is -0.342 e. The Morgan fingerprint density at radius 2 is 1.85 bits per heavy atom. The van der Waals surface area contributed by atoms with Crippen molar-refractivity contribution < 1.29 is 4.79 Å². The van der Waals surface area contributed by atoms with Gasteiger partial charge in [-0.2, -0.15) is 0 Å². The maximum atomic E-state index is 12.9. The number of rotatable bonds is 3. The summed E-state index contributed by atoms with van der Waals surface area (Å²) in [5.41, 5.74) is 2.43. The molecule has 1 aliphatic heterocycles. The molecule has 0 radical (unpaired) electrons. The summed E-state index contributed by atoms with van der Waals surface area (Å²) in [5.74, 6) is 1.59. The number of carbonyl (C=O) groups is 1. The zero-order valence-electron chi connectivity index (χ0n) is 13.2. The van der Waals surface area contributed by atoms with E-state index in [1.807, 2.05) is 12.1 Å². The van der Waals surface area contributed by atoms with Gasteiger partial charge in [-0.3, -0.25) is 4.79 Å². The molecule has 20 heavy (non-hydrogen) atoms. The molecule has 0 spiro atoms. The molecule has 1 amide bonds. The summed E-state index contributed by atoms with van der Waals surface area (Å²) in [5, 5.41) is 0. The molecule has 2 heteroatoms. The number of likely N-dealkylation sites (tertiary alicyclic amines) is 1. The first-order chi connectivity index (χ1) is 9.52. The van der Waals surface area contributed by atoms with Crippen LogP contribution in [0.2, 0.25) is 0 Å². The largest absolute Gasteiger partial charge is 0.342 e. The Kier molecular flexibility index (Phi) is 4.85. The van der Waals surface area contributed by atoms with E-state index in [0.29, 0.717) is 17.7 Å². The van der Waals surface area contributed by atoms with Crippen molar-refractivity contribution in [2.75, 3.05) is 13.1 Å². The SMILES string of the molecule is CCC(C(=O)N1CC(C)CC(C)C1)c1ccccc1C. The number of carbonyl (C=O) groups excluding carboxylic acids is 1. The van der Waals surface area contributed by atoms with E-state index in [1.54, 1.807) is 0 Å². The smallest absolute Gasteiger partial charge is 0.230 e. The molecule has 1 aromatic rings. The Hall–Kier alpha value is -1.31. The van der Waals surface area contributed by atoms with Crippen LogP contribution >= 0.6 is 0 Å². The predicted octanol–water partition coefficient (Wildman–Crippen LogP) is 3.99. The zero-order valence-corrected chi connectivity index (χ0v) is 13.2. The van der Waals surface area contributed by atoms with Gasteiger partial charge in [-0.25, -0.2) is 0 Å². The molecule has 1 aromatic carbocycles. The maximum absolute atomic E-state index is 12.9. The lowest BCUT2D eigenvalue weighted by Gasteiger charge is -2.37. The van der Waals surface area contributed by atoms with Gasteiger partial charge < -0.3 is 4.90 Å². The number of amides is 1. The highest BCUT2D eigenvalue weighted by Crippen LogP contribution is 2.28. The van der Waals surface area contributed by atoms with Gasteiger partial charge in [0.2, 0.25) is 5.91 Å². The predicted molar refractivity (Wildman–Crippen MR) is 83.7 cm³/mol. The summed E-state index contributed by atoms with van der Waals surface area (Å²) >= 11 is 0. The molecule has 3 atom stereocenters. The van der Waals surface area contributed by atoms with Gasteiger partial charge in [-0.15, -0.1) is 0 Å². The van der Waals surface area contributed by atoms with E-state index in [4.69, 9.17) is 0 Å². The van der Waals surface area contributed by atoms with Crippen LogP contribution in [0.25, 0.3) is 0 Å². The fourth-order valence-corrected chi connectivity index (χ4v) is 3.57. The van der Waals surface area contributed by atoms with Crippen molar-refractivity contribution in [3.63, 3.8) is 0 Å². The van der Waals surface area contributed by atoms with Crippen molar-refractivity contribution >= 4 is 5.91 Å². The van der Waals surface area contributed by atoms with Crippen molar-refractivity contribution in [2.45, 2.75) is 46.5 Å². The third-order valence-corrected chi connectivity index (χ3v) is 4.45. The normalized spacial score (nSPS) is 24.5. The molecule has 1 saturated heterocycles. The van der Waals surface area contributed by atoms with Gasteiger partial charge in [-0.05, 0) is 42.7 Å². The first-order valence-electron chi connectivity index (χ1n) is 7.87. The fraction of sp³-hybridized carbons (Fsp3) is 0.611. The topological polar surface area (TPSA) is 20.3 Å². The van der Waals surface area contributed by atoms with Crippen LogP contribution in [0.15, 0.2) is 24.3 Å². The molecular weight excluding hydrogens is 246 g/mol. The minimum atomic E-state index is 0.0219. The monoisotopic (exact) mass is 273 g/mol. The van der Waals surface area contributed by atoms with E-state index in [1.165, 1.54) is 17.5 Å². The van der Waals surface area contributed by atoms with E-state index in [9.17, 15) is 4.79 Å². The van der Waals surface area contributed by atoms with E-state index in [2.05, 4.69) is 44.7 Å². The molecule has 0 saturated carbocycles. The third kappa shape index (κ3) is 3.23. The summed E-state index contributed by atoms with van der Waals surface area (Å²) < 4.78 is 0. The van der Waals surface area contributed by atoms with E-state index in [-0.39, 0.29) is 5.92 Å². The highest BCUT2D eigenvalue weighted by Gasteiger charge is 2.30. The molecule has 0 aromatic heterocycles. The molecule has 1 aliphatic rings. The second-order valence-electron chi connectivity index (χ2n) is 6.51. The van der Waals surface area contributed by atoms with E-state index < -0.39 is 0 Å². The van der Waals surface area contributed by atoms with Crippen LogP contribution in [0.3, 0.4) is 0 Å². The van der Waals surface area contributed by atoms with Crippen LogP contribution in [-0.4, -0.2) is 23.9 Å². The first-order valence-corrected chi connectivity index (χ1v) is 7.87. The lowest BCUT2D eigenvalue weighted by molar-refractivity contribution is -0.135. The van der Waals surface area contributed by atoms with Crippen molar-refractivity contribution in [1.82, 2.24) is 4.90 Å². The number of aryl methyl sites for hydroxylation is 1. The van der Waals surface area contributed by atoms with Crippen LogP contribution in [0.1, 0.15) is 50.7 Å². The van der Waals surface area contributed by atoms with Crippen LogP contribution < -0.4 is 0 Å². The van der Waals surface area contributed by atoms with Crippen LogP contribution in [0.5, 0.6) is 0 Å². The molecule has 0 N–H and O–H groups in total. The Balaban J connectivity index is 2.19. The van der Waals surface area contributed by atoms with Crippen molar-refractivity contribution in [3.05, 3.63) is 35.4 Å². The Morgan fingerprint density at radius 1 is 1.25 bits per heavy atom. The summed E-state index contributed by atoms with van der Waals surface area (Å²) in [6.07, 6.45) is 2.12. The quantitative estimate of drug-likeness (QED) is 0.815. The molecule has 1 heterocycles. The summed E-state index contributed by atoms with van der Waals surface area (Å²) in [6, 6.07) is 8.30. The summed E-state index contributed by atoms with van der Waals surface area (Å²) in [4.78, 5) is 15.0. The van der Waals surface area contributed by atoms with E-state index in [0.717, 1.165) is 19.5 Å². The molecule has 2 rings (SSSR count). The average molecular weight is 273 g/mol. The van der Waals surface area contributed by atoms with Gasteiger partial charge in [-0.1, -0.05) is 45.0 Å². The first kappa shape index (κ1) is 15.1. The molecule has 3 unspecified atom stereocenters. The third-order valence-electron chi connectivity index (χ3n) is 4.45. The average Bonchev–Trinajstić information content (AvgIpc) is 2.40. The highest BCUT2D eigenvalue weighted by molar-refractivity contribution is 5.84. The standard InChI is InChI=1S/C18H27NO/c1-5-16(17-9-7-6-8-15(17)4)18(20)19-11-13(2)10-14(3)12-19/h6-9,13-14,16H,5,10-12H2,1-4H3. The van der Waals surface area contributed by atoms with Gasteiger partial charge >= 0.3 is 0 Å². The Labute approximate surface area is 123 Å². The lowest BCUT2D eigenvalue weighted by Crippen LogP contribution is -2.44. The second kappa shape index (κ2) is 6.43. The molecule has 0 bridgehead atoms.